The highest BCUT2D eigenvalue weighted by Gasteiger charge is 2.21. The van der Waals surface area contributed by atoms with Crippen molar-refractivity contribution in [3.63, 3.8) is 0 Å². The number of aromatic nitrogens is 1. The van der Waals surface area contributed by atoms with Gasteiger partial charge in [-0.25, -0.2) is 9.78 Å². The van der Waals surface area contributed by atoms with Gasteiger partial charge in [-0.1, -0.05) is 29.8 Å². The SMILES string of the molecule is Cc1ccc(Cl)cc1NC(=O)C(C)OC(=O)c1ccccc1SCc1cscn1. The number of aryl methyl sites for hydroxylation is 1. The maximum absolute atomic E-state index is 12.7. The number of hydrogen-bond acceptors (Lipinski definition) is 6. The molecule has 0 radical (unpaired) electrons. The summed E-state index contributed by atoms with van der Waals surface area (Å²) < 4.78 is 5.41. The predicted molar refractivity (Wildman–Crippen MR) is 118 cm³/mol. The number of hydrogen-bond donors (Lipinski definition) is 1. The van der Waals surface area contributed by atoms with Gasteiger partial charge in [0.25, 0.3) is 5.91 Å². The van der Waals surface area contributed by atoms with Crippen molar-refractivity contribution in [1.29, 1.82) is 0 Å². The minimum absolute atomic E-state index is 0.420. The summed E-state index contributed by atoms with van der Waals surface area (Å²) in [5, 5.41) is 5.24. The van der Waals surface area contributed by atoms with Crippen molar-refractivity contribution < 1.29 is 14.3 Å². The van der Waals surface area contributed by atoms with Gasteiger partial charge in [-0.2, -0.15) is 0 Å². The molecule has 3 aromatic rings. The van der Waals surface area contributed by atoms with Crippen LogP contribution in [-0.2, 0) is 15.3 Å². The van der Waals surface area contributed by atoms with E-state index in [2.05, 4.69) is 10.3 Å². The van der Waals surface area contributed by atoms with Gasteiger partial charge in [0, 0.05) is 26.7 Å². The van der Waals surface area contributed by atoms with E-state index in [1.54, 1.807) is 29.8 Å². The number of carbonyl (C=O) groups excluding carboxylic acids is 2. The molecule has 1 heterocycles. The Morgan fingerprint density at radius 3 is 2.83 bits per heavy atom. The molecule has 0 aliphatic heterocycles. The Morgan fingerprint density at radius 1 is 1.28 bits per heavy atom. The van der Waals surface area contributed by atoms with Gasteiger partial charge in [-0.05, 0) is 43.7 Å². The number of thioether (sulfide) groups is 1. The molecule has 0 saturated heterocycles. The molecular weight excluding hydrogens is 428 g/mol. The van der Waals surface area contributed by atoms with Crippen LogP contribution in [0.4, 0.5) is 5.69 Å². The largest absolute Gasteiger partial charge is 0.449 e. The fraction of sp³-hybridized carbons (Fsp3) is 0.190. The summed E-state index contributed by atoms with van der Waals surface area (Å²) in [6.07, 6.45) is -0.961. The van der Waals surface area contributed by atoms with E-state index in [1.165, 1.54) is 30.0 Å². The number of ether oxygens (including phenoxy) is 1. The summed E-state index contributed by atoms with van der Waals surface area (Å²) in [5.41, 5.74) is 4.60. The van der Waals surface area contributed by atoms with Gasteiger partial charge in [-0.15, -0.1) is 23.1 Å². The molecule has 0 aliphatic rings. The Morgan fingerprint density at radius 2 is 2.07 bits per heavy atom. The maximum atomic E-state index is 12.7. The third kappa shape index (κ3) is 5.82. The molecule has 5 nitrogen and oxygen atoms in total. The first kappa shape index (κ1) is 21.4. The molecule has 1 atom stereocenters. The monoisotopic (exact) mass is 446 g/mol. The van der Waals surface area contributed by atoms with Crippen molar-refractivity contribution in [2.24, 2.45) is 0 Å². The summed E-state index contributed by atoms with van der Waals surface area (Å²) in [6, 6.07) is 12.4. The maximum Gasteiger partial charge on any atom is 0.340 e. The first-order valence-corrected chi connectivity index (χ1v) is 11.1. The lowest BCUT2D eigenvalue weighted by atomic mass is 10.2. The third-order valence-corrected chi connectivity index (χ3v) is 6.05. The second-order valence-corrected chi connectivity index (χ2v) is 8.43. The van der Waals surface area contributed by atoms with E-state index in [-0.39, 0.29) is 0 Å². The quantitative estimate of drug-likeness (QED) is 0.379. The van der Waals surface area contributed by atoms with Crippen LogP contribution < -0.4 is 5.32 Å². The summed E-state index contributed by atoms with van der Waals surface area (Å²) in [7, 11) is 0. The highest BCUT2D eigenvalue weighted by molar-refractivity contribution is 7.98. The molecule has 0 saturated carbocycles. The molecule has 29 heavy (non-hydrogen) atoms. The number of nitrogens with zero attached hydrogens (tertiary/aromatic N) is 1. The van der Waals surface area contributed by atoms with Gasteiger partial charge in [0.1, 0.15) is 0 Å². The van der Waals surface area contributed by atoms with Crippen LogP contribution in [0, 0.1) is 6.92 Å². The summed E-state index contributed by atoms with van der Waals surface area (Å²) in [4.78, 5) is 30.2. The van der Waals surface area contributed by atoms with E-state index in [0.29, 0.717) is 22.0 Å². The molecule has 1 N–H and O–H groups in total. The second-order valence-electron chi connectivity index (χ2n) is 6.26. The lowest BCUT2D eigenvalue weighted by molar-refractivity contribution is -0.123. The fourth-order valence-electron chi connectivity index (χ4n) is 2.46. The molecule has 150 valence electrons. The lowest BCUT2D eigenvalue weighted by Gasteiger charge is -2.16. The molecule has 2 aromatic carbocycles. The number of esters is 1. The number of rotatable bonds is 7. The number of benzene rings is 2. The average Bonchev–Trinajstić information content (AvgIpc) is 3.23. The van der Waals surface area contributed by atoms with Crippen molar-refractivity contribution >= 4 is 52.3 Å². The second kappa shape index (κ2) is 9.91. The minimum atomic E-state index is -0.961. The average molecular weight is 447 g/mol. The Balaban J connectivity index is 1.64. The van der Waals surface area contributed by atoms with Crippen LogP contribution in [0.2, 0.25) is 5.02 Å². The predicted octanol–water partition coefficient (Wildman–Crippen LogP) is 5.58. The Labute approximate surface area is 182 Å². The van der Waals surface area contributed by atoms with Crippen LogP contribution in [0.15, 0.2) is 58.3 Å². The normalized spacial score (nSPS) is 11.7. The van der Waals surface area contributed by atoms with E-state index in [0.717, 1.165) is 16.2 Å². The molecule has 1 amide bonds. The van der Waals surface area contributed by atoms with Crippen LogP contribution in [0.25, 0.3) is 0 Å². The topological polar surface area (TPSA) is 68.3 Å². The van der Waals surface area contributed by atoms with Gasteiger partial charge in [0.05, 0.1) is 16.8 Å². The molecule has 0 aliphatic carbocycles. The molecule has 1 aromatic heterocycles. The summed E-state index contributed by atoms with van der Waals surface area (Å²) in [6.45, 7) is 3.40. The van der Waals surface area contributed by atoms with Gasteiger partial charge >= 0.3 is 5.97 Å². The van der Waals surface area contributed by atoms with Crippen molar-refractivity contribution in [1.82, 2.24) is 4.98 Å². The van der Waals surface area contributed by atoms with E-state index < -0.39 is 18.0 Å². The van der Waals surface area contributed by atoms with Gasteiger partial charge < -0.3 is 10.1 Å². The van der Waals surface area contributed by atoms with Crippen molar-refractivity contribution in [3.8, 4) is 0 Å². The Bertz CT molecular complexity index is 1010. The summed E-state index contributed by atoms with van der Waals surface area (Å²) >= 11 is 9.02. The Hall–Kier alpha value is -2.35. The lowest BCUT2D eigenvalue weighted by Crippen LogP contribution is -2.30. The molecule has 0 fully saturated rings. The molecule has 3 rings (SSSR count). The number of carbonyl (C=O) groups is 2. The first-order valence-electron chi connectivity index (χ1n) is 8.81. The van der Waals surface area contributed by atoms with Crippen LogP contribution in [0.1, 0.15) is 28.5 Å². The Kier molecular flexibility index (Phi) is 7.30. The van der Waals surface area contributed by atoms with Gasteiger partial charge in [0.15, 0.2) is 6.10 Å². The standard InChI is InChI=1S/C21H19ClN2O3S2/c1-13-7-8-15(22)9-18(13)24-20(25)14(2)27-21(26)17-5-3-4-6-19(17)29-11-16-10-28-12-23-16/h3-10,12,14H,11H2,1-2H3,(H,24,25). The molecule has 8 heteroatoms. The first-order chi connectivity index (χ1) is 13.9. The smallest absolute Gasteiger partial charge is 0.340 e. The zero-order valence-electron chi connectivity index (χ0n) is 15.8. The van der Waals surface area contributed by atoms with Gasteiger partial charge in [0.2, 0.25) is 0 Å². The third-order valence-electron chi connectivity index (χ3n) is 4.08. The number of amides is 1. The van der Waals surface area contributed by atoms with Crippen LogP contribution in [0.5, 0.6) is 0 Å². The molecule has 0 bridgehead atoms. The van der Waals surface area contributed by atoms with Crippen LogP contribution in [-0.4, -0.2) is 23.0 Å². The van der Waals surface area contributed by atoms with Crippen LogP contribution in [0.3, 0.4) is 0 Å². The van der Waals surface area contributed by atoms with Gasteiger partial charge in [-0.3, -0.25) is 4.79 Å². The highest BCUT2D eigenvalue weighted by Crippen LogP contribution is 2.27. The van der Waals surface area contributed by atoms with E-state index in [9.17, 15) is 9.59 Å². The molecule has 1 unspecified atom stereocenters. The highest BCUT2D eigenvalue weighted by atomic mass is 35.5. The van der Waals surface area contributed by atoms with E-state index in [1.807, 2.05) is 30.5 Å². The van der Waals surface area contributed by atoms with Crippen molar-refractivity contribution in [2.75, 3.05) is 5.32 Å². The number of thiazole rings is 1. The number of halogens is 1. The molecular formula is C21H19ClN2O3S2. The van der Waals surface area contributed by atoms with E-state index >= 15 is 0 Å². The number of anilines is 1. The fourth-order valence-corrected chi connectivity index (χ4v) is 4.24. The van der Waals surface area contributed by atoms with Crippen molar-refractivity contribution in [3.05, 3.63) is 75.2 Å². The minimum Gasteiger partial charge on any atom is -0.449 e. The van der Waals surface area contributed by atoms with Crippen molar-refractivity contribution in [2.45, 2.75) is 30.6 Å². The number of nitrogens with one attached hydrogen (secondary N) is 1. The van der Waals surface area contributed by atoms with E-state index in [4.69, 9.17) is 16.3 Å². The zero-order valence-corrected chi connectivity index (χ0v) is 18.2. The zero-order chi connectivity index (χ0) is 20.8. The summed E-state index contributed by atoms with van der Waals surface area (Å²) in [5.74, 6) is -0.314. The van der Waals surface area contributed by atoms with Crippen LogP contribution >= 0.6 is 34.7 Å². The molecule has 0 spiro atoms.